The third kappa shape index (κ3) is 3.71. The van der Waals surface area contributed by atoms with Gasteiger partial charge in [0.25, 0.3) is 0 Å². The first-order valence-electron chi connectivity index (χ1n) is 7.44. The average Bonchev–Trinajstić information content (AvgIpc) is 2.56. The Kier molecular flexibility index (Phi) is 4.63. The number of carbonyl (C=O) groups is 1. The van der Waals surface area contributed by atoms with Gasteiger partial charge in [0.1, 0.15) is 0 Å². The highest BCUT2D eigenvalue weighted by molar-refractivity contribution is 9.10. The zero-order chi connectivity index (χ0) is 16.2. The van der Waals surface area contributed by atoms with Crippen molar-refractivity contribution in [1.29, 1.82) is 0 Å². The first kappa shape index (κ1) is 15.6. The fourth-order valence-electron chi connectivity index (χ4n) is 2.60. The number of carbonyl (C=O) groups excluding carboxylic acids is 1. The molecule has 0 fully saturated rings. The number of urea groups is 1. The minimum Gasteiger partial charge on any atom is -0.331 e. The minimum absolute atomic E-state index is 0.0865. The standard InChI is InChI=1S/C19H17BrN2O/c1-13(17-8-4-6-14-5-2-3-7-18(14)17)21-19(23)22-16-11-9-15(20)10-12-16/h2-13H,1H3,(H2,21,22,23)/t13-/m0/s1. The van der Waals surface area contributed by atoms with E-state index in [1.807, 2.05) is 55.5 Å². The number of fused-ring (bicyclic) bond motifs is 1. The van der Waals surface area contributed by atoms with Crippen LogP contribution in [0, 0.1) is 0 Å². The highest BCUT2D eigenvalue weighted by Gasteiger charge is 2.12. The number of hydrogen-bond donors (Lipinski definition) is 2. The lowest BCUT2D eigenvalue weighted by atomic mass is 10.00. The fraction of sp³-hybridized carbons (Fsp3) is 0.105. The predicted molar refractivity (Wildman–Crippen MR) is 98.7 cm³/mol. The first-order valence-corrected chi connectivity index (χ1v) is 8.23. The molecule has 0 radical (unpaired) electrons. The topological polar surface area (TPSA) is 41.1 Å². The number of halogens is 1. The van der Waals surface area contributed by atoms with Gasteiger partial charge in [-0.1, -0.05) is 58.4 Å². The van der Waals surface area contributed by atoms with Crippen LogP contribution in [-0.4, -0.2) is 6.03 Å². The number of rotatable bonds is 3. The van der Waals surface area contributed by atoms with Crippen molar-refractivity contribution < 1.29 is 4.79 Å². The maximum atomic E-state index is 12.2. The number of hydrogen-bond acceptors (Lipinski definition) is 1. The van der Waals surface area contributed by atoms with Crippen LogP contribution in [0.5, 0.6) is 0 Å². The monoisotopic (exact) mass is 368 g/mol. The van der Waals surface area contributed by atoms with Crippen LogP contribution in [0.2, 0.25) is 0 Å². The van der Waals surface area contributed by atoms with Crippen molar-refractivity contribution in [3.8, 4) is 0 Å². The molecule has 23 heavy (non-hydrogen) atoms. The van der Waals surface area contributed by atoms with Gasteiger partial charge < -0.3 is 10.6 Å². The van der Waals surface area contributed by atoms with E-state index in [4.69, 9.17) is 0 Å². The van der Waals surface area contributed by atoms with Crippen molar-refractivity contribution in [2.24, 2.45) is 0 Å². The Morgan fingerprint density at radius 2 is 1.65 bits per heavy atom. The van der Waals surface area contributed by atoms with Gasteiger partial charge in [0, 0.05) is 10.2 Å². The van der Waals surface area contributed by atoms with Crippen molar-refractivity contribution in [2.45, 2.75) is 13.0 Å². The molecule has 3 rings (SSSR count). The van der Waals surface area contributed by atoms with Crippen LogP contribution in [0.25, 0.3) is 10.8 Å². The summed E-state index contributed by atoms with van der Waals surface area (Å²) in [6.07, 6.45) is 0. The number of benzene rings is 3. The molecule has 3 aromatic rings. The van der Waals surface area contributed by atoms with Gasteiger partial charge >= 0.3 is 6.03 Å². The molecule has 3 nitrogen and oxygen atoms in total. The second-order valence-corrected chi connectivity index (χ2v) is 6.31. The van der Waals surface area contributed by atoms with Crippen LogP contribution in [-0.2, 0) is 0 Å². The molecule has 2 amide bonds. The SMILES string of the molecule is C[C@H](NC(=O)Nc1ccc(Br)cc1)c1cccc2ccccc12. The van der Waals surface area contributed by atoms with Crippen LogP contribution in [0.15, 0.2) is 71.2 Å². The Hall–Kier alpha value is -2.33. The summed E-state index contributed by atoms with van der Waals surface area (Å²) in [5.41, 5.74) is 1.87. The molecule has 0 aliphatic carbocycles. The fourth-order valence-corrected chi connectivity index (χ4v) is 2.87. The summed E-state index contributed by atoms with van der Waals surface area (Å²) in [7, 11) is 0. The van der Waals surface area contributed by atoms with Gasteiger partial charge in [0.15, 0.2) is 0 Å². The maximum Gasteiger partial charge on any atom is 0.319 e. The van der Waals surface area contributed by atoms with Crippen molar-refractivity contribution in [3.05, 3.63) is 76.8 Å². The number of nitrogens with one attached hydrogen (secondary N) is 2. The highest BCUT2D eigenvalue weighted by atomic mass is 79.9. The van der Waals surface area contributed by atoms with Crippen molar-refractivity contribution >= 4 is 38.4 Å². The van der Waals surface area contributed by atoms with Gasteiger partial charge in [-0.05, 0) is 47.5 Å². The highest BCUT2D eigenvalue weighted by Crippen LogP contribution is 2.24. The molecular weight excluding hydrogens is 352 g/mol. The molecule has 0 heterocycles. The lowest BCUT2D eigenvalue weighted by Crippen LogP contribution is -2.31. The van der Waals surface area contributed by atoms with E-state index in [2.05, 4.69) is 44.8 Å². The lowest BCUT2D eigenvalue weighted by Gasteiger charge is -2.17. The van der Waals surface area contributed by atoms with E-state index >= 15 is 0 Å². The largest absolute Gasteiger partial charge is 0.331 e. The Morgan fingerprint density at radius 1 is 0.957 bits per heavy atom. The smallest absolute Gasteiger partial charge is 0.319 e. The van der Waals surface area contributed by atoms with Crippen molar-refractivity contribution in [1.82, 2.24) is 5.32 Å². The van der Waals surface area contributed by atoms with Gasteiger partial charge in [-0.25, -0.2) is 4.79 Å². The number of amides is 2. The van der Waals surface area contributed by atoms with E-state index < -0.39 is 0 Å². The summed E-state index contributed by atoms with van der Waals surface area (Å²) >= 11 is 3.38. The van der Waals surface area contributed by atoms with E-state index in [9.17, 15) is 4.79 Å². The second-order valence-electron chi connectivity index (χ2n) is 5.40. The van der Waals surface area contributed by atoms with E-state index in [-0.39, 0.29) is 12.1 Å². The van der Waals surface area contributed by atoms with Gasteiger partial charge in [0.2, 0.25) is 0 Å². The molecule has 1 atom stereocenters. The minimum atomic E-state index is -0.215. The molecule has 3 aromatic carbocycles. The Morgan fingerprint density at radius 3 is 2.43 bits per heavy atom. The Labute approximate surface area is 143 Å². The van der Waals surface area contributed by atoms with E-state index in [1.165, 1.54) is 5.39 Å². The summed E-state index contributed by atoms with van der Waals surface area (Å²) in [6.45, 7) is 1.99. The van der Waals surface area contributed by atoms with Gasteiger partial charge in [0.05, 0.1) is 6.04 Å². The molecule has 2 N–H and O–H groups in total. The normalized spacial score (nSPS) is 11.9. The van der Waals surface area contributed by atoms with Crippen LogP contribution in [0.3, 0.4) is 0 Å². The molecule has 0 bridgehead atoms. The molecule has 0 aliphatic heterocycles. The van der Waals surface area contributed by atoms with Crippen molar-refractivity contribution in [2.75, 3.05) is 5.32 Å². The van der Waals surface area contributed by atoms with Crippen LogP contribution >= 0.6 is 15.9 Å². The molecule has 0 aromatic heterocycles. The third-order valence-corrected chi connectivity index (χ3v) is 4.27. The molecule has 0 saturated carbocycles. The van der Waals surface area contributed by atoms with Crippen LogP contribution in [0.4, 0.5) is 10.5 Å². The molecule has 0 unspecified atom stereocenters. The quantitative estimate of drug-likeness (QED) is 0.630. The van der Waals surface area contributed by atoms with Crippen molar-refractivity contribution in [3.63, 3.8) is 0 Å². The molecular formula is C19H17BrN2O. The Balaban J connectivity index is 1.74. The first-order chi connectivity index (χ1) is 11.1. The van der Waals surface area contributed by atoms with E-state index in [0.717, 1.165) is 21.1 Å². The molecule has 4 heteroatoms. The van der Waals surface area contributed by atoms with Crippen LogP contribution in [0.1, 0.15) is 18.5 Å². The lowest BCUT2D eigenvalue weighted by molar-refractivity contribution is 0.249. The average molecular weight is 369 g/mol. The summed E-state index contributed by atoms with van der Waals surface area (Å²) < 4.78 is 0.979. The molecule has 0 aliphatic rings. The summed E-state index contributed by atoms with van der Waals surface area (Å²) in [5.74, 6) is 0. The maximum absolute atomic E-state index is 12.2. The van der Waals surface area contributed by atoms with Crippen LogP contribution < -0.4 is 10.6 Å². The van der Waals surface area contributed by atoms with E-state index in [1.54, 1.807) is 0 Å². The second kappa shape index (κ2) is 6.84. The summed E-state index contributed by atoms with van der Waals surface area (Å²) in [5, 5.41) is 8.17. The summed E-state index contributed by atoms with van der Waals surface area (Å²) in [4.78, 5) is 12.2. The number of anilines is 1. The van der Waals surface area contributed by atoms with E-state index in [0.29, 0.717) is 0 Å². The van der Waals surface area contributed by atoms with Gasteiger partial charge in [-0.3, -0.25) is 0 Å². The predicted octanol–water partition coefficient (Wildman–Crippen LogP) is 5.49. The van der Waals surface area contributed by atoms with Gasteiger partial charge in [-0.15, -0.1) is 0 Å². The molecule has 0 saturated heterocycles. The zero-order valence-corrected chi connectivity index (χ0v) is 14.3. The molecule has 0 spiro atoms. The summed E-state index contributed by atoms with van der Waals surface area (Å²) in [6, 6.07) is 21.5. The Bertz CT molecular complexity index is 825. The third-order valence-electron chi connectivity index (χ3n) is 3.74. The zero-order valence-electron chi connectivity index (χ0n) is 12.7. The molecule has 116 valence electrons. The van der Waals surface area contributed by atoms with Gasteiger partial charge in [-0.2, -0.15) is 0 Å².